The molecule has 1 aromatic rings. The van der Waals surface area contributed by atoms with Crippen molar-refractivity contribution in [3.8, 4) is 0 Å². The molecule has 1 aromatic carbocycles. The summed E-state index contributed by atoms with van der Waals surface area (Å²) in [5, 5.41) is 3.35. The van der Waals surface area contributed by atoms with Gasteiger partial charge in [0.15, 0.2) is 0 Å². The largest absolute Gasteiger partial charge is 0.389 e. The minimum absolute atomic E-state index is 0.135. The molecule has 2 unspecified atom stereocenters. The topological polar surface area (TPSA) is 55.1 Å². The van der Waals surface area contributed by atoms with Gasteiger partial charge in [-0.1, -0.05) is 12.2 Å². The molecular formula is C11H16N2OS2. The number of nitrogens with two attached hydrogens (primary N) is 1. The molecule has 0 radical (unpaired) electrons. The van der Waals surface area contributed by atoms with Crippen LogP contribution in [-0.4, -0.2) is 27.2 Å². The highest BCUT2D eigenvalue weighted by atomic mass is 32.2. The highest BCUT2D eigenvalue weighted by Gasteiger charge is 2.05. The zero-order chi connectivity index (χ0) is 12.1. The lowest BCUT2D eigenvalue weighted by molar-refractivity contribution is 0.679. The van der Waals surface area contributed by atoms with Gasteiger partial charge in [-0.15, -0.1) is 0 Å². The zero-order valence-electron chi connectivity index (χ0n) is 9.40. The number of nitrogens with one attached hydrogen (secondary N) is 1. The average molecular weight is 256 g/mol. The van der Waals surface area contributed by atoms with Crippen molar-refractivity contribution in [3.05, 3.63) is 29.8 Å². The maximum atomic E-state index is 11.1. The van der Waals surface area contributed by atoms with Gasteiger partial charge in [0.2, 0.25) is 0 Å². The summed E-state index contributed by atoms with van der Waals surface area (Å²) in [5.74, 6) is 0. The van der Waals surface area contributed by atoms with E-state index in [1.807, 2.05) is 31.2 Å². The van der Waals surface area contributed by atoms with E-state index in [0.29, 0.717) is 11.5 Å². The highest BCUT2D eigenvalue weighted by Crippen LogP contribution is 2.09. The van der Waals surface area contributed by atoms with E-state index in [1.165, 1.54) is 0 Å². The standard InChI is InChI=1S/C11H16N2OS2/c1-8(16(2)14)7-13-10-5-3-9(4-6-10)11(12)15/h3-6,8,13H,7H2,1-2H3,(H2,12,15). The monoisotopic (exact) mass is 256 g/mol. The first-order valence-electron chi connectivity index (χ1n) is 4.96. The van der Waals surface area contributed by atoms with Gasteiger partial charge in [0.25, 0.3) is 0 Å². The van der Waals surface area contributed by atoms with Crippen LogP contribution in [0, 0.1) is 0 Å². The van der Waals surface area contributed by atoms with E-state index < -0.39 is 10.8 Å². The molecule has 3 nitrogen and oxygen atoms in total. The van der Waals surface area contributed by atoms with Crippen LogP contribution in [0.3, 0.4) is 0 Å². The minimum atomic E-state index is -0.799. The highest BCUT2D eigenvalue weighted by molar-refractivity contribution is 7.84. The summed E-state index contributed by atoms with van der Waals surface area (Å²) in [6.07, 6.45) is 1.71. The maximum Gasteiger partial charge on any atom is 0.103 e. The molecule has 0 saturated carbocycles. The summed E-state index contributed by atoms with van der Waals surface area (Å²) in [6.45, 7) is 2.64. The molecule has 3 N–H and O–H groups in total. The van der Waals surface area contributed by atoms with Crippen molar-refractivity contribution in [3.63, 3.8) is 0 Å². The third-order valence-corrected chi connectivity index (χ3v) is 3.87. The van der Waals surface area contributed by atoms with Crippen molar-refractivity contribution in [2.75, 3.05) is 18.1 Å². The lowest BCUT2D eigenvalue weighted by atomic mass is 10.2. The van der Waals surface area contributed by atoms with Crippen molar-refractivity contribution < 1.29 is 4.21 Å². The number of anilines is 1. The van der Waals surface area contributed by atoms with Gasteiger partial charge in [0.05, 0.1) is 0 Å². The number of hydrogen-bond donors (Lipinski definition) is 2. The lowest BCUT2D eigenvalue weighted by Gasteiger charge is -2.11. The Morgan fingerprint density at radius 1 is 1.50 bits per heavy atom. The molecule has 0 bridgehead atoms. The van der Waals surface area contributed by atoms with Gasteiger partial charge in [-0.05, 0) is 31.2 Å². The summed E-state index contributed by atoms with van der Waals surface area (Å²) in [7, 11) is -0.799. The smallest absolute Gasteiger partial charge is 0.103 e. The number of thiocarbonyl (C=S) groups is 1. The Kier molecular flexibility index (Phi) is 4.89. The second kappa shape index (κ2) is 5.96. The first-order valence-corrected chi connectivity index (χ1v) is 6.99. The number of rotatable bonds is 5. The summed E-state index contributed by atoms with van der Waals surface area (Å²) in [5.41, 5.74) is 7.33. The molecule has 0 aromatic heterocycles. The second-order valence-electron chi connectivity index (χ2n) is 3.63. The van der Waals surface area contributed by atoms with E-state index in [-0.39, 0.29) is 5.25 Å². The van der Waals surface area contributed by atoms with Gasteiger partial charge in [-0.2, -0.15) is 0 Å². The van der Waals surface area contributed by atoms with E-state index in [2.05, 4.69) is 5.32 Å². The molecule has 1 rings (SSSR count). The Balaban J connectivity index is 2.56. The Morgan fingerprint density at radius 2 is 2.06 bits per heavy atom. The predicted molar refractivity (Wildman–Crippen MR) is 74.3 cm³/mol. The third kappa shape index (κ3) is 3.90. The molecule has 0 aliphatic heterocycles. The molecule has 0 fully saturated rings. The summed E-state index contributed by atoms with van der Waals surface area (Å²) >= 11 is 4.86. The fourth-order valence-corrected chi connectivity index (χ4v) is 1.59. The quantitative estimate of drug-likeness (QED) is 0.784. The molecule has 0 spiro atoms. The van der Waals surface area contributed by atoms with Crippen LogP contribution in [0.2, 0.25) is 0 Å². The molecular weight excluding hydrogens is 240 g/mol. The normalized spacial score (nSPS) is 14.1. The predicted octanol–water partition coefficient (Wildman–Crippen LogP) is 1.50. The summed E-state index contributed by atoms with van der Waals surface area (Å²) in [4.78, 5) is 0.398. The van der Waals surface area contributed by atoms with Crippen LogP contribution in [0.1, 0.15) is 12.5 Å². The van der Waals surface area contributed by atoms with Crippen LogP contribution in [0.5, 0.6) is 0 Å². The lowest BCUT2D eigenvalue weighted by Crippen LogP contribution is -2.20. The molecule has 0 saturated heterocycles. The second-order valence-corrected chi connectivity index (χ2v) is 5.87. The number of hydrogen-bond acceptors (Lipinski definition) is 3. The van der Waals surface area contributed by atoms with Gasteiger partial charge in [-0.25, -0.2) is 0 Å². The first kappa shape index (κ1) is 13.1. The Morgan fingerprint density at radius 3 is 2.50 bits per heavy atom. The molecule has 5 heteroatoms. The summed E-state index contributed by atoms with van der Waals surface area (Å²) < 4.78 is 11.1. The van der Waals surface area contributed by atoms with Gasteiger partial charge in [-0.3, -0.25) is 4.21 Å². The Bertz CT molecular complexity index is 389. The van der Waals surface area contributed by atoms with Crippen LogP contribution in [-0.2, 0) is 10.8 Å². The first-order chi connectivity index (χ1) is 7.50. The zero-order valence-corrected chi connectivity index (χ0v) is 11.0. The molecule has 16 heavy (non-hydrogen) atoms. The van der Waals surface area contributed by atoms with Crippen molar-refractivity contribution >= 4 is 33.7 Å². The molecule has 0 aliphatic rings. The van der Waals surface area contributed by atoms with Crippen molar-refractivity contribution in [2.24, 2.45) is 5.73 Å². The maximum absolute atomic E-state index is 11.1. The third-order valence-electron chi connectivity index (χ3n) is 2.33. The van der Waals surface area contributed by atoms with Gasteiger partial charge < -0.3 is 11.1 Å². The van der Waals surface area contributed by atoms with Crippen molar-refractivity contribution in [1.82, 2.24) is 0 Å². The van der Waals surface area contributed by atoms with E-state index in [9.17, 15) is 4.21 Å². The Labute approximate surface area is 104 Å². The molecule has 0 amide bonds. The van der Waals surface area contributed by atoms with Crippen molar-refractivity contribution in [2.45, 2.75) is 12.2 Å². The fourth-order valence-electron chi connectivity index (χ4n) is 1.13. The molecule has 2 atom stereocenters. The number of benzene rings is 1. The molecule has 0 heterocycles. The van der Waals surface area contributed by atoms with E-state index >= 15 is 0 Å². The van der Waals surface area contributed by atoms with Crippen molar-refractivity contribution in [1.29, 1.82) is 0 Å². The molecule has 88 valence electrons. The van der Waals surface area contributed by atoms with Gasteiger partial charge in [0.1, 0.15) is 4.99 Å². The van der Waals surface area contributed by atoms with E-state index in [4.69, 9.17) is 18.0 Å². The van der Waals surface area contributed by atoms with Crippen LogP contribution >= 0.6 is 12.2 Å². The van der Waals surface area contributed by atoms with Gasteiger partial charge >= 0.3 is 0 Å². The Hall–Kier alpha value is -0.940. The van der Waals surface area contributed by atoms with Crippen LogP contribution < -0.4 is 11.1 Å². The minimum Gasteiger partial charge on any atom is -0.389 e. The summed E-state index contributed by atoms with van der Waals surface area (Å²) in [6, 6.07) is 7.58. The van der Waals surface area contributed by atoms with Crippen LogP contribution in [0.15, 0.2) is 24.3 Å². The molecule has 0 aliphatic carbocycles. The average Bonchev–Trinajstić information content (AvgIpc) is 2.26. The van der Waals surface area contributed by atoms with Crippen LogP contribution in [0.4, 0.5) is 5.69 Å². The van der Waals surface area contributed by atoms with Crippen LogP contribution in [0.25, 0.3) is 0 Å². The SMILES string of the molecule is CC(CNc1ccc(C(N)=S)cc1)S(C)=O. The van der Waals surface area contributed by atoms with Gasteiger partial charge in [0, 0.05) is 40.1 Å². The van der Waals surface area contributed by atoms with E-state index in [0.717, 1.165) is 11.3 Å². The fraction of sp³-hybridized carbons (Fsp3) is 0.364. The van der Waals surface area contributed by atoms with E-state index in [1.54, 1.807) is 6.26 Å².